The second-order valence-electron chi connectivity index (χ2n) is 4.95. The highest BCUT2D eigenvalue weighted by molar-refractivity contribution is 5.91. The van der Waals surface area contributed by atoms with Crippen LogP contribution in [-0.2, 0) is 4.79 Å². The zero-order chi connectivity index (χ0) is 17.5. The van der Waals surface area contributed by atoms with E-state index in [9.17, 15) is 4.79 Å². The Balaban J connectivity index is 1.55. The number of rotatable bonds is 7. The van der Waals surface area contributed by atoms with Gasteiger partial charge in [-0.15, -0.1) is 0 Å². The zero-order valence-corrected chi connectivity index (χ0v) is 13.6. The third-order valence-corrected chi connectivity index (χ3v) is 3.16. The molecule has 1 N–H and O–H groups in total. The summed E-state index contributed by atoms with van der Waals surface area (Å²) in [7, 11) is 0. The van der Waals surface area contributed by atoms with Crippen LogP contribution in [0.15, 0.2) is 55.1 Å². The molecule has 0 saturated heterocycles. The molecule has 0 atom stereocenters. The number of hydrogen-bond acceptors (Lipinski definition) is 6. The third-order valence-electron chi connectivity index (χ3n) is 3.16. The highest BCUT2D eigenvalue weighted by Crippen LogP contribution is 2.17. The van der Waals surface area contributed by atoms with Crippen molar-refractivity contribution in [3.05, 3.63) is 55.1 Å². The molecule has 0 unspecified atom stereocenters. The van der Waals surface area contributed by atoms with Crippen molar-refractivity contribution in [1.82, 2.24) is 19.7 Å². The number of amides is 1. The monoisotopic (exact) mass is 339 g/mol. The number of nitrogens with one attached hydrogen (secondary N) is 1. The first-order chi connectivity index (χ1) is 12.2. The van der Waals surface area contributed by atoms with Gasteiger partial charge in [-0.05, 0) is 37.3 Å². The fourth-order valence-electron chi connectivity index (χ4n) is 2.07. The van der Waals surface area contributed by atoms with Crippen molar-refractivity contribution in [1.29, 1.82) is 0 Å². The molecular weight excluding hydrogens is 322 g/mol. The summed E-state index contributed by atoms with van der Waals surface area (Å²) in [4.78, 5) is 20.1. The summed E-state index contributed by atoms with van der Waals surface area (Å²) >= 11 is 0. The van der Waals surface area contributed by atoms with Crippen molar-refractivity contribution in [2.45, 2.75) is 6.92 Å². The molecular formula is C17H17N5O3. The van der Waals surface area contributed by atoms with Crippen molar-refractivity contribution in [3.63, 3.8) is 0 Å². The van der Waals surface area contributed by atoms with Gasteiger partial charge in [0, 0.05) is 18.5 Å². The van der Waals surface area contributed by atoms with Gasteiger partial charge < -0.3 is 14.8 Å². The number of aromatic nitrogens is 4. The second-order valence-corrected chi connectivity index (χ2v) is 4.95. The zero-order valence-electron chi connectivity index (χ0n) is 13.6. The van der Waals surface area contributed by atoms with Gasteiger partial charge in [-0.3, -0.25) is 4.79 Å². The molecule has 0 saturated carbocycles. The molecule has 0 aliphatic heterocycles. The van der Waals surface area contributed by atoms with Gasteiger partial charge in [0.1, 0.15) is 23.6 Å². The maximum atomic E-state index is 12.0. The molecule has 0 aliphatic rings. The third kappa shape index (κ3) is 4.54. The summed E-state index contributed by atoms with van der Waals surface area (Å²) in [5, 5.41) is 6.75. The Morgan fingerprint density at radius 1 is 1.16 bits per heavy atom. The SMILES string of the molecule is CCOc1ccc(OCC(=O)Nc2cc(-n3cccn3)ncn2)cc1. The lowest BCUT2D eigenvalue weighted by Gasteiger charge is -2.08. The summed E-state index contributed by atoms with van der Waals surface area (Å²) in [6.07, 6.45) is 4.76. The van der Waals surface area contributed by atoms with E-state index < -0.39 is 0 Å². The Bertz CT molecular complexity index is 819. The Morgan fingerprint density at radius 3 is 2.60 bits per heavy atom. The summed E-state index contributed by atoms with van der Waals surface area (Å²) in [6, 6.07) is 10.5. The van der Waals surface area contributed by atoms with Crippen LogP contribution in [0, 0.1) is 0 Å². The molecule has 0 fully saturated rings. The van der Waals surface area contributed by atoms with Crippen LogP contribution in [0.2, 0.25) is 0 Å². The number of ether oxygens (including phenoxy) is 2. The standard InChI is InChI=1S/C17H17N5O3/c1-2-24-13-4-6-14(7-5-13)25-11-17(23)21-15-10-16(19-12-18-15)22-9-3-8-20-22/h3-10,12H,2,11H2,1H3,(H,18,19,21,23). The first-order valence-electron chi connectivity index (χ1n) is 7.72. The topological polar surface area (TPSA) is 91.2 Å². The summed E-state index contributed by atoms with van der Waals surface area (Å²) in [5.74, 6) is 1.95. The van der Waals surface area contributed by atoms with E-state index in [0.29, 0.717) is 24.0 Å². The van der Waals surface area contributed by atoms with Crippen LogP contribution in [0.5, 0.6) is 11.5 Å². The molecule has 8 nitrogen and oxygen atoms in total. The maximum Gasteiger partial charge on any atom is 0.263 e. The highest BCUT2D eigenvalue weighted by atomic mass is 16.5. The van der Waals surface area contributed by atoms with E-state index in [1.807, 2.05) is 6.92 Å². The van der Waals surface area contributed by atoms with E-state index in [-0.39, 0.29) is 12.5 Å². The van der Waals surface area contributed by atoms with E-state index in [1.165, 1.54) is 6.33 Å². The van der Waals surface area contributed by atoms with Crippen molar-refractivity contribution >= 4 is 11.7 Å². The average Bonchev–Trinajstić information content (AvgIpc) is 3.16. The van der Waals surface area contributed by atoms with Gasteiger partial charge >= 0.3 is 0 Å². The van der Waals surface area contributed by atoms with Gasteiger partial charge in [0.25, 0.3) is 5.91 Å². The van der Waals surface area contributed by atoms with Crippen LogP contribution < -0.4 is 14.8 Å². The van der Waals surface area contributed by atoms with Crippen LogP contribution in [0.4, 0.5) is 5.82 Å². The van der Waals surface area contributed by atoms with Crippen molar-refractivity contribution in [2.24, 2.45) is 0 Å². The van der Waals surface area contributed by atoms with Crippen molar-refractivity contribution in [2.75, 3.05) is 18.5 Å². The molecule has 0 bridgehead atoms. The van der Waals surface area contributed by atoms with Crippen LogP contribution in [0.3, 0.4) is 0 Å². The van der Waals surface area contributed by atoms with Gasteiger partial charge in [-0.25, -0.2) is 14.6 Å². The summed E-state index contributed by atoms with van der Waals surface area (Å²) in [6.45, 7) is 2.39. The molecule has 0 spiro atoms. The number of carbonyl (C=O) groups excluding carboxylic acids is 1. The number of benzene rings is 1. The average molecular weight is 339 g/mol. The first-order valence-corrected chi connectivity index (χ1v) is 7.72. The quantitative estimate of drug-likeness (QED) is 0.709. The maximum absolute atomic E-state index is 12.0. The number of anilines is 1. The van der Waals surface area contributed by atoms with E-state index in [2.05, 4.69) is 20.4 Å². The smallest absolute Gasteiger partial charge is 0.263 e. The Hall–Kier alpha value is -3.42. The molecule has 128 valence electrons. The van der Waals surface area contributed by atoms with Crippen LogP contribution in [0.25, 0.3) is 5.82 Å². The van der Waals surface area contributed by atoms with Gasteiger partial charge in [-0.1, -0.05) is 0 Å². The molecule has 3 rings (SSSR count). The minimum Gasteiger partial charge on any atom is -0.494 e. The largest absolute Gasteiger partial charge is 0.494 e. The first kappa shape index (κ1) is 16.4. The lowest BCUT2D eigenvalue weighted by Crippen LogP contribution is -2.21. The Labute approximate surface area is 144 Å². The van der Waals surface area contributed by atoms with E-state index >= 15 is 0 Å². The normalized spacial score (nSPS) is 10.3. The minimum atomic E-state index is -0.320. The van der Waals surface area contributed by atoms with Gasteiger partial charge in [0.15, 0.2) is 12.4 Å². The summed E-state index contributed by atoms with van der Waals surface area (Å²) < 4.78 is 12.4. The molecule has 1 amide bonds. The molecule has 1 aromatic carbocycles. The lowest BCUT2D eigenvalue weighted by molar-refractivity contribution is -0.118. The van der Waals surface area contributed by atoms with Crippen molar-refractivity contribution < 1.29 is 14.3 Å². The fourth-order valence-corrected chi connectivity index (χ4v) is 2.07. The van der Waals surface area contributed by atoms with Crippen molar-refractivity contribution in [3.8, 4) is 17.3 Å². The van der Waals surface area contributed by atoms with Gasteiger partial charge in [0.2, 0.25) is 0 Å². The Kier molecular flexibility index (Phi) is 5.20. The van der Waals surface area contributed by atoms with Gasteiger partial charge in [0.05, 0.1) is 6.61 Å². The predicted molar refractivity (Wildman–Crippen MR) is 90.9 cm³/mol. The van der Waals surface area contributed by atoms with E-state index in [0.717, 1.165) is 5.75 Å². The molecule has 2 aromatic heterocycles. The second kappa shape index (κ2) is 7.91. The molecule has 8 heteroatoms. The number of carbonyl (C=O) groups is 1. The number of nitrogens with zero attached hydrogens (tertiary/aromatic N) is 4. The van der Waals surface area contributed by atoms with Crippen LogP contribution in [0.1, 0.15) is 6.92 Å². The van der Waals surface area contributed by atoms with Crippen LogP contribution >= 0.6 is 0 Å². The Morgan fingerprint density at radius 2 is 1.92 bits per heavy atom. The lowest BCUT2D eigenvalue weighted by atomic mass is 10.3. The fraction of sp³-hybridized carbons (Fsp3) is 0.176. The molecule has 3 aromatic rings. The van der Waals surface area contributed by atoms with Crippen LogP contribution in [-0.4, -0.2) is 38.9 Å². The van der Waals surface area contributed by atoms with Gasteiger partial charge in [-0.2, -0.15) is 5.10 Å². The van der Waals surface area contributed by atoms with E-state index in [1.54, 1.807) is 53.5 Å². The molecule has 0 aliphatic carbocycles. The molecule has 0 radical (unpaired) electrons. The predicted octanol–water partition coefficient (Wildman–Crippen LogP) is 2.08. The van der Waals surface area contributed by atoms with E-state index in [4.69, 9.17) is 9.47 Å². The number of hydrogen-bond donors (Lipinski definition) is 1. The highest BCUT2D eigenvalue weighted by Gasteiger charge is 2.07. The molecule has 2 heterocycles. The minimum absolute atomic E-state index is 0.130. The summed E-state index contributed by atoms with van der Waals surface area (Å²) in [5.41, 5.74) is 0. The molecule has 25 heavy (non-hydrogen) atoms.